The molecule has 10 heteroatoms. The third-order valence-corrected chi connectivity index (χ3v) is 4.59. The van der Waals surface area contributed by atoms with Crippen molar-refractivity contribution in [3.05, 3.63) is 63.7 Å². The van der Waals surface area contributed by atoms with Crippen LogP contribution in [0.15, 0.2) is 42.5 Å². The molecule has 0 saturated carbocycles. The molecule has 1 unspecified atom stereocenters. The van der Waals surface area contributed by atoms with Crippen molar-refractivity contribution in [3.8, 4) is 11.5 Å². The van der Waals surface area contributed by atoms with E-state index < -0.39 is 28.9 Å². The Kier molecular flexibility index (Phi) is 6.35. The fourth-order valence-electron chi connectivity index (χ4n) is 3.02. The minimum Gasteiger partial charge on any atom is -0.480 e. The van der Waals surface area contributed by atoms with Gasteiger partial charge in [-0.3, -0.25) is 10.1 Å². The normalized spacial score (nSPS) is 13.9. The van der Waals surface area contributed by atoms with Crippen molar-refractivity contribution in [2.24, 2.45) is 0 Å². The van der Waals surface area contributed by atoms with E-state index in [0.29, 0.717) is 11.3 Å². The minimum absolute atomic E-state index is 0.0266. The number of nitrogens with one attached hydrogen (secondary N) is 1. The molecule has 0 aromatic heterocycles. The van der Waals surface area contributed by atoms with E-state index in [1.165, 1.54) is 12.1 Å². The van der Waals surface area contributed by atoms with Gasteiger partial charge in [-0.1, -0.05) is 37.3 Å². The second-order valence-corrected chi connectivity index (χ2v) is 6.75. The maximum atomic E-state index is 12.1. The molecule has 1 amide bonds. The summed E-state index contributed by atoms with van der Waals surface area (Å²) in [6, 6.07) is 10.4. The number of nitro benzene ring substituents is 1. The van der Waals surface area contributed by atoms with E-state index in [2.05, 4.69) is 5.32 Å². The third-order valence-electron chi connectivity index (χ3n) is 4.59. The molecule has 0 fully saturated rings. The van der Waals surface area contributed by atoms with Crippen LogP contribution in [-0.4, -0.2) is 41.5 Å². The van der Waals surface area contributed by atoms with Gasteiger partial charge in [0.1, 0.15) is 12.6 Å². The van der Waals surface area contributed by atoms with Crippen molar-refractivity contribution in [2.45, 2.75) is 25.3 Å². The molecule has 0 saturated heterocycles. The zero-order chi connectivity index (χ0) is 21.7. The van der Waals surface area contributed by atoms with Gasteiger partial charge in [-0.2, -0.15) is 0 Å². The summed E-state index contributed by atoms with van der Waals surface area (Å²) < 4.78 is 15.5. The summed E-state index contributed by atoms with van der Waals surface area (Å²) in [6.45, 7) is 1.43. The Morgan fingerprint density at radius 2 is 1.90 bits per heavy atom. The largest absolute Gasteiger partial charge is 0.480 e. The van der Waals surface area contributed by atoms with E-state index in [1.54, 1.807) is 37.3 Å². The fourth-order valence-corrected chi connectivity index (χ4v) is 3.02. The Balaban J connectivity index is 1.62. The van der Waals surface area contributed by atoms with Gasteiger partial charge in [0.25, 0.3) is 5.69 Å². The van der Waals surface area contributed by atoms with Crippen LogP contribution in [0.3, 0.4) is 0 Å². The monoisotopic (exact) mass is 416 g/mol. The maximum absolute atomic E-state index is 12.1. The molecule has 2 atom stereocenters. The van der Waals surface area contributed by atoms with Crippen LogP contribution in [-0.2, 0) is 16.0 Å². The van der Waals surface area contributed by atoms with E-state index in [-0.39, 0.29) is 31.3 Å². The highest BCUT2D eigenvalue weighted by atomic mass is 16.7. The molecule has 1 aliphatic heterocycles. The fraction of sp³-hybridized carbons (Fsp3) is 0.300. The highest BCUT2D eigenvalue weighted by molar-refractivity contribution is 5.80. The van der Waals surface area contributed by atoms with Gasteiger partial charge in [0, 0.05) is 17.9 Å². The number of carbonyl (C=O) groups excluding carboxylic acids is 1. The van der Waals surface area contributed by atoms with Crippen LogP contribution in [0.2, 0.25) is 0 Å². The summed E-state index contributed by atoms with van der Waals surface area (Å²) in [5.41, 5.74) is 0.883. The number of rotatable bonds is 8. The van der Waals surface area contributed by atoms with Gasteiger partial charge in [0.05, 0.1) is 11.0 Å². The van der Waals surface area contributed by atoms with E-state index in [9.17, 15) is 24.8 Å². The Bertz CT molecular complexity index is 947. The molecule has 10 nitrogen and oxygen atoms in total. The summed E-state index contributed by atoms with van der Waals surface area (Å²) in [6.07, 6.45) is -0.831. The van der Waals surface area contributed by atoms with E-state index in [0.717, 1.165) is 5.56 Å². The number of nitrogens with zero attached hydrogens (tertiary/aromatic N) is 1. The lowest BCUT2D eigenvalue weighted by molar-refractivity contribution is -0.385. The van der Waals surface area contributed by atoms with Gasteiger partial charge in [0.15, 0.2) is 11.5 Å². The Morgan fingerprint density at radius 3 is 2.53 bits per heavy atom. The summed E-state index contributed by atoms with van der Waals surface area (Å²) in [5.74, 6) is -1.08. The molecule has 158 valence electrons. The molecule has 0 aliphatic carbocycles. The van der Waals surface area contributed by atoms with Crippen molar-refractivity contribution >= 4 is 17.7 Å². The molecular weight excluding hydrogens is 396 g/mol. The Morgan fingerprint density at radius 1 is 1.23 bits per heavy atom. The molecule has 30 heavy (non-hydrogen) atoms. The summed E-state index contributed by atoms with van der Waals surface area (Å²) in [4.78, 5) is 34.4. The lowest BCUT2D eigenvalue weighted by Crippen LogP contribution is -2.42. The zero-order valence-electron chi connectivity index (χ0n) is 16.1. The number of amides is 1. The number of carboxylic acids is 1. The van der Waals surface area contributed by atoms with E-state index in [1.807, 2.05) is 0 Å². The lowest BCUT2D eigenvalue weighted by atomic mass is 9.99. The minimum atomic E-state index is -1.20. The van der Waals surface area contributed by atoms with Gasteiger partial charge < -0.3 is 24.6 Å². The standard InChI is InChI=1S/C20H20N2O8/c1-12(14-8-17-18(30-11-29-17)9-16(14)22(26)27)10-28-20(25)21-15(19(23)24)7-13-5-3-2-4-6-13/h2-6,8-9,12,15H,7,10-11H2,1H3,(H,21,25)(H,23,24)/t12?,15-/m0/s1. The van der Waals surface area contributed by atoms with Crippen LogP contribution in [0.1, 0.15) is 24.0 Å². The topological polar surface area (TPSA) is 137 Å². The first-order valence-corrected chi connectivity index (χ1v) is 9.13. The molecule has 2 N–H and O–H groups in total. The first kappa shape index (κ1) is 20.9. The Labute approximate surface area is 171 Å². The van der Waals surface area contributed by atoms with Crippen molar-refractivity contribution in [3.63, 3.8) is 0 Å². The van der Waals surface area contributed by atoms with Crippen molar-refractivity contribution in [2.75, 3.05) is 13.4 Å². The lowest BCUT2D eigenvalue weighted by Gasteiger charge is -2.17. The maximum Gasteiger partial charge on any atom is 0.407 e. The number of alkyl carbamates (subject to hydrolysis) is 1. The SMILES string of the molecule is CC(COC(=O)N[C@@H](Cc1ccccc1)C(=O)O)c1cc2c(cc1[N+](=O)[O-])OCO2. The molecule has 0 spiro atoms. The number of hydrogen-bond donors (Lipinski definition) is 2. The van der Waals surface area contributed by atoms with Crippen molar-refractivity contribution < 1.29 is 33.8 Å². The highest BCUT2D eigenvalue weighted by Crippen LogP contribution is 2.40. The molecule has 0 radical (unpaired) electrons. The summed E-state index contributed by atoms with van der Waals surface area (Å²) >= 11 is 0. The van der Waals surface area contributed by atoms with Crippen LogP contribution in [0.5, 0.6) is 11.5 Å². The van der Waals surface area contributed by atoms with Crippen LogP contribution < -0.4 is 14.8 Å². The number of fused-ring (bicyclic) bond motifs is 1. The van der Waals surface area contributed by atoms with Crippen LogP contribution in [0.25, 0.3) is 0 Å². The third kappa shape index (κ3) is 4.96. The van der Waals surface area contributed by atoms with Crippen LogP contribution >= 0.6 is 0 Å². The highest BCUT2D eigenvalue weighted by Gasteiger charge is 2.27. The molecule has 2 aromatic rings. The second-order valence-electron chi connectivity index (χ2n) is 6.75. The predicted octanol–water partition coefficient (Wildman–Crippen LogP) is 2.85. The molecule has 2 aromatic carbocycles. The molecule has 1 heterocycles. The van der Waals surface area contributed by atoms with Crippen LogP contribution in [0.4, 0.5) is 10.5 Å². The van der Waals surface area contributed by atoms with Gasteiger partial charge in [0.2, 0.25) is 6.79 Å². The van der Waals surface area contributed by atoms with Gasteiger partial charge in [-0.05, 0) is 11.6 Å². The average molecular weight is 416 g/mol. The predicted molar refractivity (Wildman–Crippen MR) is 104 cm³/mol. The summed E-state index contributed by atoms with van der Waals surface area (Å²) in [7, 11) is 0. The number of hydrogen-bond acceptors (Lipinski definition) is 7. The number of carboxylic acid groups (broad SMARTS) is 1. The average Bonchev–Trinajstić information content (AvgIpc) is 3.18. The van der Waals surface area contributed by atoms with Crippen molar-refractivity contribution in [1.82, 2.24) is 5.32 Å². The van der Waals surface area contributed by atoms with Gasteiger partial charge >= 0.3 is 12.1 Å². The molecule has 0 bridgehead atoms. The molecular formula is C20H20N2O8. The number of benzene rings is 2. The first-order chi connectivity index (χ1) is 14.3. The smallest absolute Gasteiger partial charge is 0.407 e. The summed E-state index contributed by atoms with van der Waals surface area (Å²) in [5, 5.41) is 23.0. The van der Waals surface area contributed by atoms with E-state index >= 15 is 0 Å². The zero-order valence-corrected chi connectivity index (χ0v) is 16.1. The Hall–Kier alpha value is -3.82. The number of nitro groups is 1. The van der Waals surface area contributed by atoms with Gasteiger partial charge in [-0.15, -0.1) is 0 Å². The van der Waals surface area contributed by atoms with Crippen LogP contribution in [0, 0.1) is 10.1 Å². The number of carbonyl (C=O) groups is 2. The number of aliphatic carboxylic acids is 1. The second kappa shape index (κ2) is 9.12. The quantitative estimate of drug-likeness (QED) is 0.495. The van der Waals surface area contributed by atoms with Gasteiger partial charge in [-0.25, -0.2) is 9.59 Å². The molecule has 3 rings (SSSR count). The first-order valence-electron chi connectivity index (χ1n) is 9.13. The number of ether oxygens (including phenoxy) is 3. The van der Waals surface area contributed by atoms with Crippen molar-refractivity contribution in [1.29, 1.82) is 0 Å². The van der Waals surface area contributed by atoms with E-state index in [4.69, 9.17) is 14.2 Å². The molecule has 1 aliphatic rings.